The summed E-state index contributed by atoms with van der Waals surface area (Å²) in [6, 6.07) is 0. The van der Waals surface area contributed by atoms with Crippen molar-refractivity contribution in [1.82, 2.24) is 4.90 Å². The normalized spacial score (nSPS) is 41.3. The first-order chi connectivity index (χ1) is 5.25. The number of carbonyl (C=O) groups is 1. The van der Waals surface area contributed by atoms with Crippen LogP contribution in [0.2, 0.25) is 0 Å². The Bertz CT molecular complexity index is 181. The van der Waals surface area contributed by atoms with Gasteiger partial charge in [-0.1, -0.05) is 0 Å². The van der Waals surface area contributed by atoms with Crippen LogP contribution in [0, 0.1) is 11.8 Å². The standard InChI is InChI=1S/C8H13NO2/c10-8(11)3-7-5-9-2-1-6(7)4-9/h6-7H,1-5H2,(H,10,11)/t6?,7-/m0/s1. The van der Waals surface area contributed by atoms with E-state index in [4.69, 9.17) is 5.11 Å². The molecule has 0 aromatic rings. The highest BCUT2D eigenvalue weighted by atomic mass is 16.4. The van der Waals surface area contributed by atoms with E-state index in [2.05, 4.69) is 4.90 Å². The summed E-state index contributed by atoms with van der Waals surface area (Å²) in [5, 5.41) is 8.58. The van der Waals surface area contributed by atoms with E-state index in [0.29, 0.717) is 18.3 Å². The van der Waals surface area contributed by atoms with Crippen molar-refractivity contribution in [2.45, 2.75) is 12.8 Å². The molecule has 3 atom stereocenters. The van der Waals surface area contributed by atoms with Crippen LogP contribution < -0.4 is 0 Å². The number of hydrogen-bond donors (Lipinski definition) is 1. The lowest BCUT2D eigenvalue weighted by Crippen LogP contribution is -2.25. The molecule has 2 saturated heterocycles. The number of carboxylic acid groups (broad SMARTS) is 1. The molecule has 2 unspecified atom stereocenters. The van der Waals surface area contributed by atoms with Crippen molar-refractivity contribution in [3.63, 3.8) is 0 Å². The average Bonchev–Trinajstić information content (AvgIpc) is 2.45. The average molecular weight is 155 g/mol. The van der Waals surface area contributed by atoms with Crippen molar-refractivity contribution < 1.29 is 9.90 Å². The second-order valence-corrected chi connectivity index (χ2v) is 3.67. The summed E-state index contributed by atoms with van der Waals surface area (Å²) in [5.74, 6) is 0.496. The van der Waals surface area contributed by atoms with Gasteiger partial charge in [-0.3, -0.25) is 4.79 Å². The Morgan fingerprint density at radius 3 is 2.82 bits per heavy atom. The van der Waals surface area contributed by atoms with Crippen molar-refractivity contribution in [1.29, 1.82) is 0 Å². The Morgan fingerprint density at radius 1 is 1.55 bits per heavy atom. The molecule has 2 aliphatic heterocycles. The van der Waals surface area contributed by atoms with Crippen LogP contribution in [0.1, 0.15) is 12.8 Å². The molecular formula is C8H13NO2. The van der Waals surface area contributed by atoms with E-state index in [9.17, 15) is 4.79 Å². The lowest BCUT2D eigenvalue weighted by atomic mass is 9.90. The SMILES string of the molecule is O=C(O)C[C@H]1CN2CCC1C2. The van der Waals surface area contributed by atoms with Gasteiger partial charge in [-0.05, 0) is 24.8 Å². The monoisotopic (exact) mass is 155 g/mol. The smallest absolute Gasteiger partial charge is 0.303 e. The molecule has 1 N–H and O–H groups in total. The number of hydrogen-bond acceptors (Lipinski definition) is 2. The molecule has 3 heteroatoms. The van der Waals surface area contributed by atoms with Crippen LogP contribution in [0.3, 0.4) is 0 Å². The van der Waals surface area contributed by atoms with Crippen LogP contribution in [-0.2, 0) is 4.79 Å². The molecule has 2 rings (SSSR count). The third kappa shape index (κ3) is 1.25. The lowest BCUT2D eigenvalue weighted by molar-refractivity contribution is -0.138. The third-order valence-corrected chi connectivity index (χ3v) is 2.91. The van der Waals surface area contributed by atoms with E-state index in [0.717, 1.165) is 13.1 Å². The molecule has 0 amide bonds. The van der Waals surface area contributed by atoms with Crippen LogP contribution in [-0.4, -0.2) is 35.6 Å². The highest BCUT2D eigenvalue weighted by Gasteiger charge is 2.38. The zero-order valence-electron chi connectivity index (χ0n) is 6.49. The topological polar surface area (TPSA) is 40.5 Å². The van der Waals surface area contributed by atoms with Gasteiger partial charge >= 0.3 is 5.97 Å². The van der Waals surface area contributed by atoms with E-state index in [1.165, 1.54) is 13.0 Å². The van der Waals surface area contributed by atoms with Gasteiger partial charge in [0.05, 0.1) is 0 Å². The zero-order chi connectivity index (χ0) is 7.84. The molecule has 0 aromatic heterocycles. The molecule has 0 aliphatic carbocycles. The fourth-order valence-corrected chi connectivity index (χ4v) is 2.35. The van der Waals surface area contributed by atoms with Crippen molar-refractivity contribution >= 4 is 5.97 Å². The minimum atomic E-state index is -0.635. The van der Waals surface area contributed by atoms with Gasteiger partial charge in [0, 0.05) is 19.5 Å². The number of nitrogens with zero attached hydrogens (tertiary/aromatic N) is 1. The molecule has 2 fully saturated rings. The van der Waals surface area contributed by atoms with Crippen LogP contribution in [0.25, 0.3) is 0 Å². The van der Waals surface area contributed by atoms with Crippen molar-refractivity contribution in [2.24, 2.45) is 11.8 Å². The molecule has 0 saturated carbocycles. The van der Waals surface area contributed by atoms with Gasteiger partial charge in [0.2, 0.25) is 0 Å². The van der Waals surface area contributed by atoms with Crippen LogP contribution >= 0.6 is 0 Å². The Kier molecular flexibility index (Phi) is 1.60. The number of carboxylic acids is 1. The maximum absolute atomic E-state index is 10.4. The first kappa shape index (κ1) is 7.10. The molecule has 2 heterocycles. The highest BCUT2D eigenvalue weighted by Crippen LogP contribution is 2.34. The van der Waals surface area contributed by atoms with Crippen LogP contribution in [0.5, 0.6) is 0 Å². The maximum Gasteiger partial charge on any atom is 0.303 e. The van der Waals surface area contributed by atoms with Gasteiger partial charge in [-0.2, -0.15) is 0 Å². The Morgan fingerprint density at radius 2 is 2.36 bits per heavy atom. The molecule has 11 heavy (non-hydrogen) atoms. The first-order valence-electron chi connectivity index (χ1n) is 4.20. The van der Waals surface area contributed by atoms with Crippen molar-refractivity contribution in [3.8, 4) is 0 Å². The summed E-state index contributed by atoms with van der Waals surface area (Å²) in [4.78, 5) is 12.8. The molecular weight excluding hydrogens is 142 g/mol. The largest absolute Gasteiger partial charge is 0.481 e. The Hall–Kier alpha value is -0.570. The van der Waals surface area contributed by atoms with E-state index >= 15 is 0 Å². The summed E-state index contributed by atoms with van der Waals surface area (Å²) in [6.45, 7) is 3.37. The zero-order valence-corrected chi connectivity index (χ0v) is 6.49. The summed E-state index contributed by atoms with van der Waals surface area (Å²) in [7, 11) is 0. The highest BCUT2D eigenvalue weighted by molar-refractivity contribution is 5.67. The van der Waals surface area contributed by atoms with Crippen LogP contribution in [0.15, 0.2) is 0 Å². The summed E-state index contributed by atoms with van der Waals surface area (Å²) in [5.41, 5.74) is 0. The summed E-state index contributed by atoms with van der Waals surface area (Å²) in [6.07, 6.45) is 1.60. The molecule has 2 bridgehead atoms. The summed E-state index contributed by atoms with van der Waals surface area (Å²) >= 11 is 0. The van der Waals surface area contributed by atoms with Crippen molar-refractivity contribution in [3.05, 3.63) is 0 Å². The van der Waals surface area contributed by atoms with Gasteiger partial charge in [-0.25, -0.2) is 0 Å². The van der Waals surface area contributed by atoms with E-state index in [1.807, 2.05) is 0 Å². The predicted molar refractivity (Wildman–Crippen MR) is 40.3 cm³/mol. The van der Waals surface area contributed by atoms with Crippen molar-refractivity contribution in [2.75, 3.05) is 19.6 Å². The van der Waals surface area contributed by atoms with Gasteiger partial charge in [0.1, 0.15) is 0 Å². The Labute approximate surface area is 66.0 Å². The number of piperidine rings is 1. The molecule has 3 nitrogen and oxygen atoms in total. The third-order valence-electron chi connectivity index (χ3n) is 2.91. The second kappa shape index (κ2) is 2.48. The fourth-order valence-electron chi connectivity index (χ4n) is 2.35. The first-order valence-corrected chi connectivity index (χ1v) is 4.20. The minimum absolute atomic E-state index is 0.376. The van der Waals surface area contributed by atoms with Gasteiger partial charge < -0.3 is 10.0 Å². The fraction of sp³-hybridized carbons (Fsp3) is 0.875. The molecule has 62 valence electrons. The van der Waals surface area contributed by atoms with Gasteiger partial charge in [0.15, 0.2) is 0 Å². The summed E-state index contributed by atoms with van der Waals surface area (Å²) < 4.78 is 0. The molecule has 0 radical (unpaired) electrons. The molecule has 0 spiro atoms. The maximum atomic E-state index is 10.4. The van der Waals surface area contributed by atoms with Crippen LogP contribution in [0.4, 0.5) is 0 Å². The van der Waals surface area contributed by atoms with E-state index in [-0.39, 0.29) is 0 Å². The number of fused-ring (bicyclic) bond motifs is 2. The Balaban J connectivity index is 1.92. The lowest BCUT2D eigenvalue weighted by Gasteiger charge is -2.19. The molecule has 2 aliphatic rings. The number of rotatable bonds is 2. The quantitative estimate of drug-likeness (QED) is 0.628. The van der Waals surface area contributed by atoms with E-state index in [1.54, 1.807) is 0 Å². The predicted octanol–water partition coefficient (Wildman–Crippen LogP) is 0.413. The minimum Gasteiger partial charge on any atom is -0.481 e. The van der Waals surface area contributed by atoms with E-state index < -0.39 is 5.97 Å². The van der Waals surface area contributed by atoms with Gasteiger partial charge in [0.25, 0.3) is 0 Å². The number of aliphatic carboxylic acids is 1. The van der Waals surface area contributed by atoms with Gasteiger partial charge in [-0.15, -0.1) is 0 Å². The molecule has 0 aromatic carbocycles. The second-order valence-electron chi connectivity index (χ2n) is 3.67.